The van der Waals surface area contributed by atoms with Gasteiger partial charge in [0.25, 0.3) is 0 Å². The molecule has 1 N–H and O–H groups in total. The third-order valence-corrected chi connectivity index (χ3v) is 3.48. The van der Waals surface area contributed by atoms with Gasteiger partial charge in [0.2, 0.25) is 10.0 Å². The minimum atomic E-state index is -3.01. The number of likely N-dealkylation sites (tertiary alicyclic amines) is 1. The number of nitrogens with one attached hydrogen (secondary N) is 1. The summed E-state index contributed by atoms with van der Waals surface area (Å²) in [5, 5.41) is 0. The number of hydrogen-bond donors (Lipinski definition) is 1. The Labute approximate surface area is 86.7 Å². The highest BCUT2D eigenvalue weighted by molar-refractivity contribution is 7.88. The molecule has 5 heteroatoms. The van der Waals surface area contributed by atoms with Crippen LogP contribution in [0.2, 0.25) is 0 Å². The second-order valence-corrected chi connectivity index (χ2v) is 5.83. The fraction of sp³-hybridized carbons (Fsp3) is 1.00. The van der Waals surface area contributed by atoms with Gasteiger partial charge >= 0.3 is 0 Å². The second kappa shape index (κ2) is 5.09. The Kier molecular flexibility index (Phi) is 4.34. The number of rotatable bonds is 4. The largest absolute Gasteiger partial charge is 0.304 e. The van der Waals surface area contributed by atoms with Gasteiger partial charge in [0.1, 0.15) is 0 Å². The molecule has 1 aliphatic heterocycles. The van der Waals surface area contributed by atoms with E-state index >= 15 is 0 Å². The van der Waals surface area contributed by atoms with Crippen LogP contribution >= 0.6 is 0 Å². The molecule has 0 aliphatic carbocycles. The van der Waals surface area contributed by atoms with Crippen LogP contribution in [0.3, 0.4) is 0 Å². The summed E-state index contributed by atoms with van der Waals surface area (Å²) < 4.78 is 24.3. The molecule has 4 nitrogen and oxygen atoms in total. The lowest BCUT2D eigenvalue weighted by Crippen LogP contribution is -2.38. The minimum absolute atomic E-state index is 0.521. The van der Waals surface area contributed by atoms with Crippen LogP contribution in [-0.4, -0.2) is 45.8 Å². The molecule has 0 bridgehead atoms. The highest BCUT2D eigenvalue weighted by Gasteiger charge is 2.18. The van der Waals surface area contributed by atoms with Crippen molar-refractivity contribution in [1.29, 1.82) is 0 Å². The lowest BCUT2D eigenvalue weighted by Gasteiger charge is -2.30. The summed E-state index contributed by atoms with van der Waals surface area (Å²) in [7, 11) is -3.01. The fourth-order valence-corrected chi connectivity index (χ4v) is 2.31. The van der Waals surface area contributed by atoms with E-state index in [2.05, 4.69) is 16.5 Å². The molecular weight excluding hydrogens is 200 g/mol. The van der Waals surface area contributed by atoms with Gasteiger partial charge in [0.15, 0.2) is 0 Å². The van der Waals surface area contributed by atoms with Crippen LogP contribution in [0.15, 0.2) is 0 Å². The zero-order chi connectivity index (χ0) is 10.6. The SMILES string of the molecule is CCN1CCC(CNS(C)(=O)=O)CC1. The maximum Gasteiger partial charge on any atom is 0.208 e. The molecule has 0 unspecified atom stereocenters. The summed E-state index contributed by atoms with van der Waals surface area (Å²) in [6.07, 6.45) is 3.43. The van der Waals surface area contributed by atoms with Crippen molar-refractivity contribution in [3.05, 3.63) is 0 Å². The molecule has 1 fully saturated rings. The quantitative estimate of drug-likeness (QED) is 0.740. The first-order valence-corrected chi connectivity index (χ1v) is 7.07. The van der Waals surface area contributed by atoms with Crippen LogP contribution in [-0.2, 0) is 10.0 Å². The monoisotopic (exact) mass is 220 g/mol. The van der Waals surface area contributed by atoms with Crippen molar-refractivity contribution >= 4 is 10.0 Å². The van der Waals surface area contributed by atoms with Crippen LogP contribution in [0.1, 0.15) is 19.8 Å². The molecule has 0 spiro atoms. The molecule has 1 rings (SSSR count). The lowest BCUT2D eigenvalue weighted by atomic mass is 9.97. The molecule has 0 atom stereocenters. The standard InChI is InChI=1S/C9H20N2O2S/c1-3-11-6-4-9(5-7-11)8-10-14(2,12)13/h9-10H,3-8H2,1-2H3. The molecule has 0 aromatic heterocycles. The number of sulfonamides is 1. The van der Waals surface area contributed by atoms with Gasteiger partial charge in [-0.05, 0) is 38.4 Å². The first-order chi connectivity index (χ1) is 6.51. The Bertz CT molecular complexity index is 256. The number of nitrogens with zero attached hydrogens (tertiary/aromatic N) is 1. The lowest BCUT2D eigenvalue weighted by molar-refractivity contribution is 0.194. The van der Waals surface area contributed by atoms with E-state index < -0.39 is 10.0 Å². The average molecular weight is 220 g/mol. The van der Waals surface area contributed by atoms with Crippen LogP contribution in [0, 0.1) is 5.92 Å². The van der Waals surface area contributed by atoms with Crippen molar-refractivity contribution < 1.29 is 8.42 Å². The van der Waals surface area contributed by atoms with Crippen molar-refractivity contribution in [1.82, 2.24) is 9.62 Å². The van der Waals surface area contributed by atoms with Crippen molar-refractivity contribution in [3.63, 3.8) is 0 Å². The van der Waals surface area contributed by atoms with E-state index in [1.165, 1.54) is 6.26 Å². The number of hydrogen-bond acceptors (Lipinski definition) is 3. The molecule has 1 saturated heterocycles. The van der Waals surface area contributed by atoms with Crippen LogP contribution in [0.25, 0.3) is 0 Å². The van der Waals surface area contributed by atoms with Gasteiger partial charge in [-0.2, -0.15) is 0 Å². The van der Waals surface area contributed by atoms with Gasteiger partial charge in [-0.1, -0.05) is 6.92 Å². The third-order valence-electron chi connectivity index (χ3n) is 2.79. The molecule has 0 aromatic carbocycles. The predicted molar refractivity (Wildman–Crippen MR) is 57.7 cm³/mol. The van der Waals surface area contributed by atoms with Crippen molar-refractivity contribution in [3.8, 4) is 0 Å². The van der Waals surface area contributed by atoms with Gasteiger partial charge in [0.05, 0.1) is 6.26 Å². The molecular formula is C9H20N2O2S. The Hall–Kier alpha value is -0.130. The van der Waals surface area contributed by atoms with E-state index in [-0.39, 0.29) is 0 Å². The highest BCUT2D eigenvalue weighted by atomic mass is 32.2. The molecule has 0 aromatic rings. The Balaban J connectivity index is 2.23. The third kappa shape index (κ3) is 4.39. The first-order valence-electron chi connectivity index (χ1n) is 5.18. The van der Waals surface area contributed by atoms with Gasteiger partial charge in [-0.3, -0.25) is 0 Å². The molecule has 0 saturated carbocycles. The zero-order valence-corrected chi connectivity index (χ0v) is 9.81. The number of piperidine rings is 1. The van der Waals surface area contributed by atoms with E-state index in [1.807, 2.05) is 0 Å². The molecule has 0 amide bonds. The summed E-state index contributed by atoms with van der Waals surface area (Å²) in [4.78, 5) is 2.40. The topological polar surface area (TPSA) is 49.4 Å². The average Bonchev–Trinajstić information content (AvgIpc) is 2.14. The van der Waals surface area contributed by atoms with E-state index in [4.69, 9.17) is 0 Å². The molecule has 84 valence electrons. The Morgan fingerprint density at radius 2 is 1.93 bits per heavy atom. The minimum Gasteiger partial charge on any atom is -0.304 e. The smallest absolute Gasteiger partial charge is 0.208 e. The molecule has 1 heterocycles. The van der Waals surface area contributed by atoms with Crippen molar-refractivity contribution in [2.45, 2.75) is 19.8 Å². The van der Waals surface area contributed by atoms with E-state index in [0.29, 0.717) is 12.5 Å². The predicted octanol–water partition coefficient (Wildman–Crippen LogP) is 0.267. The van der Waals surface area contributed by atoms with Crippen LogP contribution < -0.4 is 4.72 Å². The van der Waals surface area contributed by atoms with E-state index in [0.717, 1.165) is 32.5 Å². The summed E-state index contributed by atoms with van der Waals surface area (Å²) in [6.45, 7) is 6.08. The van der Waals surface area contributed by atoms with E-state index in [9.17, 15) is 8.42 Å². The summed E-state index contributed by atoms with van der Waals surface area (Å²) in [6, 6.07) is 0. The van der Waals surface area contributed by atoms with Crippen LogP contribution in [0.4, 0.5) is 0 Å². The second-order valence-electron chi connectivity index (χ2n) is 4.00. The van der Waals surface area contributed by atoms with Crippen molar-refractivity contribution in [2.75, 3.05) is 32.4 Å². The molecule has 0 radical (unpaired) electrons. The normalized spacial score (nSPS) is 21.3. The summed E-state index contributed by atoms with van der Waals surface area (Å²) in [5.74, 6) is 0.521. The summed E-state index contributed by atoms with van der Waals surface area (Å²) >= 11 is 0. The van der Waals surface area contributed by atoms with Crippen LogP contribution in [0.5, 0.6) is 0 Å². The Morgan fingerprint density at radius 1 is 1.36 bits per heavy atom. The van der Waals surface area contributed by atoms with Gasteiger partial charge in [-0.25, -0.2) is 13.1 Å². The van der Waals surface area contributed by atoms with Crippen molar-refractivity contribution in [2.24, 2.45) is 5.92 Å². The Morgan fingerprint density at radius 3 is 2.36 bits per heavy atom. The van der Waals surface area contributed by atoms with Gasteiger partial charge in [0, 0.05) is 6.54 Å². The van der Waals surface area contributed by atoms with Gasteiger partial charge < -0.3 is 4.90 Å². The molecule has 14 heavy (non-hydrogen) atoms. The maximum absolute atomic E-state index is 10.9. The zero-order valence-electron chi connectivity index (χ0n) is 8.99. The maximum atomic E-state index is 10.9. The summed E-state index contributed by atoms with van der Waals surface area (Å²) in [5.41, 5.74) is 0. The highest BCUT2D eigenvalue weighted by Crippen LogP contribution is 2.15. The van der Waals surface area contributed by atoms with Gasteiger partial charge in [-0.15, -0.1) is 0 Å². The molecule has 1 aliphatic rings. The van der Waals surface area contributed by atoms with E-state index in [1.54, 1.807) is 0 Å². The fourth-order valence-electron chi connectivity index (χ4n) is 1.78. The first kappa shape index (κ1) is 11.9.